The molecule has 21 heavy (non-hydrogen) atoms. The average Bonchev–Trinajstić information content (AvgIpc) is 3.03. The first-order valence-electron chi connectivity index (χ1n) is 7.06. The van der Waals surface area contributed by atoms with Gasteiger partial charge in [-0.1, -0.05) is 6.92 Å². The van der Waals surface area contributed by atoms with Crippen LogP contribution in [-0.2, 0) is 5.41 Å². The molecule has 1 amide bonds. The van der Waals surface area contributed by atoms with Crippen molar-refractivity contribution >= 4 is 17.2 Å². The highest BCUT2D eigenvalue weighted by molar-refractivity contribution is 7.09. The molecule has 3 heterocycles. The number of nitrogens with zero attached hydrogens (tertiary/aromatic N) is 4. The highest BCUT2D eigenvalue weighted by Gasteiger charge is 2.35. The van der Waals surface area contributed by atoms with Crippen LogP contribution >= 0.6 is 11.3 Å². The number of piperidine rings is 1. The summed E-state index contributed by atoms with van der Waals surface area (Å²) in [5, 5.41) is 3.19. The summed E-state index contributed by atoms with van der Waals surface area (Å²) < 4.78 is 0. The van der Waals surface area contributed by atoms with Crippen molar-refractivity contribution in [1.82, 2.24) is 19.9 Å². The third kappa shape index (κ3) is 2.81. The quantitative estimate of drug-likeness (QED) is 0.855. The minimum atomic E-state index is 0.0242. The minimum Gasteiger partial charge on any atom is -0.338 e. The zero-order valence-electron chi connectivity index (χ0n) is 12.2. The lowest BCUT2D eigenvalue weighted by atomic mass is 9.81. The predicted molar refractivity (Wildman–Crippen MR) is 81.4 cm³/mol. The van der Waals surface area contributed by atoms with Crippen LogP contribution in [0.1, 0.15) is 41.0 Å². The summed E-state index contributed by atoms with van der Waals surface area (Å²) in [6.45, 7) is 5.56. The van der Waals surface area contributed by atoms with E-state index >= 15 is 0 Å². The van der Waals surface area contributed by atoms with Gasteiger partial charge in [-0.05, 0) is 19.8 Å². The van der Waals surface area contributed by atoms with E-state index < -0.39 is 0 Å². The molecule has 2 aromatic heterocycles. The molecule has 0 atom stereocenters. The van der Waals surface area contributed by atoms with E-state index in [0.29, 0.717) is 11.4 Å². The number of carbonyl (C=O) groups is 1. The van der Waals surface area contributed by atoms with Crippen LogP contribution in [-0.4, -0.2) is 38.8 Å². The summed E-state index contributed by atoms with van der Waals surface area (Å²) in [6, 6.07) is 0. The standard InChI is InChI=1S/C15H18N4OS/c1-11-17-9-12(10-18-11)13(20)19-6-3-15(2,4-7-19)14-16-5-8-21-14/h5,8-10H,3-4,6-7H2,1-2H3. The Morgan fingerprint density at radius 1 is 1.24 bits per heavy atom. The van der Waals surface area contributed by atoms with E-state index in [-0.39, 0.29) is 11.3 Å². The molecule has 3 rings (SSSR count). The fourth-order valence-corrected chi connectivity index (χ4v) is 3.49. The molecule has 2 aromatic rings. The van der Waals surface area contributed by atoms with Crippen LogP contribution in [0.4, 0.5) is 0 Å². The smallest absolute Gasteiger partial charge is 0.256 e. The zero-order chi connectivity index (χ0) is 14.9. The van der Waals surface area contributed by atoms with Crippen LogP contribution in [0.15, 0.2) is 24.0 Å². The topological polar surface area (TPSA) is 59.0 Å². The monoisotopic (exact) mass is 302 g/mol. The molecule has 0 N–H and O–H groups in total. The number of rotatable bonds is 2. The molecule has 0 bridgehead atoms. The van der Waals surface area contributed by atoms with E-state index in [1.54, 1.807) is 23.7 Å². The molecule has 1 fully saturated rings. The van der Waals surface area contributed by atoms with Crippen molar-refractivity contribution < 1.29 is 4.79 Å². The summed E-state index contributed by atoms with van der Waals surface area (Å²) in [6.07, 6.45) is 6.96. The van der Waals surface area contributed by atoms with Crippen molar-refractivity contribution in [3.63, 3.8) is 0 Å². The van der Waals surface area contributed by atoms with Crippen molar-refractivity contribution in [2.24, 2.45) is 0 Å². The second kappa shape index (κ2) is 5.52. The van der Waals surface area contributed by atoms with Gasteiger partial charge in [-0.3, -0.25) is 4.79 Å². The van der Waals surface area contributed by atoms with Crippen molar-refractivity contribution in [1.29, 1.82) is 0 Å². The summed E-state index contributed by atoms with van der Waals surface area (Å²) >= 11 is 1.70. The number of hydrogen-bond acceptors (Lipinski definition) is 5. The second-order valence-corrected chi connectivity index (χ2v) is 6.60. The van der Waals surface area contributed by atoms with Gasteiger partial charge in [-0.15, -0.1) is 11.3 Å². The van der Waals surface area contributed by atoms with E-state index in [0.717, 1.165) is 25.9 Å². The van der Waals surface area contributed by atoms with Crippen LogP contribution in [0.25, 0.3) is 0 Å². The number of thiazole rings is 1. The lowest BCUT2D eigenvalue weighted by Crippen LogP contribution is -2.44. The van der Waals surface area contributed by atoms with Crippen molar-refractivity contribution in [2.45, 2.75) is 32.1 Å². The van der Waals surface area contributed by atoms with Crippen LogP contribution in [0.2, 0.25) is 0 Å². The third-order valence-electron chi connectivity index (χ3n) is 4.13. The fraction of sp³-hybridized carbons (Fsp3) is 0.467. The molecule has 1 saturated heterocycles. The van der Waals surface area contributed by atoms with Crippen molar-refractivity contribution in [2.75, 3.05) is 13.1 Å². The van der Waals surface area contributed by atoms with Gasteiger partial charge in [0.25, 0.3) is 5.91 Å². The SMILES string of the molecule is Cc1ncc(C(=O)N2CCC(C)(c3nccs3)CC2)cn1. The summed E-state index contributed by atoms with van der Waals surface area (Å²) in [7, 11) is 0. The molecule has 1 aliphatic rings. The molecule has 5 nitrogen and oxygen atoms in total. The first-order chi connectivity index (χ1) is 10.1. The number of aryl methyl sites for hydroxylation is 1. The maximum atomic E-state index is 12.4. The Bertz CT molecular complexity index is 616. The molecule has 0 aromatic carbocycles. The van der Waals surface area contributed by atoms with Crippen molar-refractivity contribution in [3.8, 4) is 0 Å². The van der Waals surface area contributed by atoms with Gasteiger partial charge < -0.3 is 4.90 Å². The Balaban J connectivity index is 1.68. The van der Waals surface area contributed by atoms with E-state index in [1.807, 2.05) is 23.4 Å². The minimum absolute atomic E-state index is 0.0242. The summed E-state index contributed by atoms with van der Waals surface area (Å²) in [5.74, 6) is 0.706. The van der Waals surface area contributed by atoms with E-state index in [4.69, 9.17) is 0 Å². The molecule has 6 heteroatoms. The predicted octanol–water partition coefficient (Wildman–Crippen LogP) is 2.44. The van der Waals surface area contributed by atoms with Crippen LogP contribution in [0.3, 0.4) is 0 Å². The molecule has 0 saturated carbocycles. The first-order valence-corrected chi connectivity index (χ1v) is 7.94. The van der Waals surface area contributed by atoms with Gasteiger partial charge in [-0.25, -0.2) is 15.0 Å². The zero-order valence-corrected chi connectivity index (χ0v) is 13.1. The van der Waals surface area contributed by atoms with Gasteiger partial charge in [-0.2, -0.15) is 0 Å². The van der Waals surface area contributed by atoms with Gasteiger partial charge in [0.2, 0.25) is 0 Å². The molecule has 110 valence electrons. The molecule has 0 radical (unpaired) electrons. The normalized spacial score (nSPS) is 17.7. The Hall–Kier alpha value is -1.82. The highest BCUT2D eigenvalue weighted by atomic mass is 32.1. The summed E-state index contributed by atoms with van der Waals surface area (Å²) in [4.78, 5) is 27.0. The number of hydrogen-bond donors (Lipinski definition) is 0. The van der Waals surface area contributed by atoms with Crippen LogP contribution in [0, 0.1) is 6.92 Å². The Kier molecular flexibility index (Phi) is 3.71. The van der Waals surface area contributed by atoms with Gasteiger partial charge in [0.05, 0.1) is 10.6 Å². The van der Waals surface area contributed by atoms with Gasteiger partial charge in [0.1, 0.15) is 5.82 Å². The molecule has 1 aliphatic heterocycles. The number of aromatic nitrogens is 3. The maximum Gasteiger partial charge on any atom is 0.256 e. The van der Waals surface area contributed by atoms with Crippen LogP contribution < -0.4 is 0 Å². The number of likely N-dealkylation sites (tertiary alicyclic amines) is 1. The Morgan fingerprint density at radius 2 is 1.90 bits per heavy atom. The lowest BCUT2D eigenvalue weighted by molar-refractivity contribution is 0.0675. The molecular formula is C15H18N4OS. The molecule has 0 spiro atoms. The lowest BCUT2D eigenvalue weighted by Gasteiger charge is -2.38. The second-order valence-electron chi connectivity index (χ2n) is 5.71. The van der Waals surface area contributed by atoms with Crippen LogP contribution in [0.5, 0.6) is 0 Å². The van der Waals surface area contributed by atoms with Gasteiger partial charge >= 0.3 is 0 Å². The summed E-state index contributed by atoms with van der Waals surface area (Å²) in [5.41, 5.74) is 0.660. The van der Waals surface area contributed by atoms with E-state index in [9.17, 15) is 4.79 Å². The Labute approximate surface area is 128 Å². The van der Waals surface area contributed by atoms with Gasteiger partial charge in [0.15, 0.2) is 0 Å². The van der Waals surface area contributed by atoms with Gasteiger partial charge in [0, 0.05) is 42.5 Å². The average molecular weight is 302 g/mol. The number of carbonyl (C=O) groups excluding carboxylic acids is 1. The molecule has 0 aliphatic carbocycles. The maximum absolute atomic E-state index is 12.4. The Morgan fingerprint density at radius 3 is 2.48 bits per heavy atom. The fourth-order valence-electron chi connectivity index (χ4n) is 2.62. The first kappa shape index (κ1) is 14.1. The van der Waals surface area contributed by atoms with E-state index in [1.165, 1.54) is 5.01 Å². The molecular weight excluding hydrogens is 284 g/mol. The van der Waals surface area contributed by atoms with E-state index in [2.05, 4.69) is 21.9 Å². The molecule has 0 unspecified atom stereocenters. The largest absolute Gasteiger partial charge is 0.338 e. The third-order valence-corrected chi connectivity index (χ3v) is 5.21. The highest BCUT2D eigenvalue weighted by Crippen LogP contribution is 2.36. The number of amides is 1. The van der Waals surface area contributed by atoms with Crippen molar-refractivity contribution in [3.05, 3.63) is 40.4 Å².